The maximum atomic E-state index is 12.8. The Balaban J connectivity index is 2.06. The SMILES string of the molecule is COCCn1c(=NC(=O)c2cc(C)n(C(C)C)n2)sc2cc(NC(C)=O)ccc21. The van der Waals surface area contributed by atoms with Gasteiger partial charge in [0.05, 0.1) is 16.8 Å². The van der Waals surface area contributed by atoms with E-state index in [2.05, 4.69) is 15.4 Å². The summed E-state index contributed by atoms with van der Waals surface area (Å²) < 4.78 is 9.90. The molecule has 0 fully saturated rings. The molecule has 2 amide bonds. The van der Waals surface area contributed by atoms with Crippen molar-refractivity contribution in [3.8, 4) is 0 Å². The minimum absolute atomic E-state index is 0.135. The zero-order valence-electron chi connectivity index (χ0n) is 17.2. The maximum absolute atomic E-state index is 12.8. The van der Waals surface area contributed by atoms with E-state index < -0.39 is 0 Å². The van der Waals surface area contributed by atoms with Crippen molar-refractivity contribution in [2.24, 2.45) is 4.99 Å². The summed E-state index contributed by atoms with van der Waals surface area (Å²) in [5.74, 6) is -0.517. The molecular weight excluding hydrogens is 390 g/mol. The largest absolute Gasteiger partial charge is 0.383 e. The van der Waals surface area contributed by atoms with Crippen LogP contribution in [0.25, 0.3) is 10.2 Å². The van der Waals surface area contributed by atoms with Crippen LogP contribution in [-0.2, 0) is 16.1 Å². The van der Waals surface area contributed by atoms with Gasteiger partial charge in [0.15, 0.2) is 10.5 Å². The van der Waals surface area contributed by atoms with Crippen molar-refractivity contribution in [2.75, 3.05) is 19.0 Å². The molecule has 0 bridgehead atoms. The number of aromatic nitrogens is 3. The lowest BCUT2D eigenvalue weighted by atomic mass is 10.3. The predicted molar refractivity (Wildman–Crippen MR) is 113 cm³/mol. The molecule has 0 aliphatic carbocycles. The fourth-order valence-corrected chi connectivity index (χ4v) is 4.19. The second kappa shape index (κ2) is 8.71. The molecule has 2 aromatic heterocycles. The van der Waals surface area contributed by atoms with Gasteiger partial charge in [-0.1, -0.05) is 11.3 Å². The summed E-state index contributed by atoms with van der Waals surface area (Å²) in [6.45, 7) is 8.47. The van der Waals surface area contributed by atoms with Crippen LogP contribution in [0.5, 0.6) is 0 Å². The summed E-state index contributed by atoms with van der Waals surface area (Å²) in [5.41, 5.74) is 2.87. The number of nitrogens with one attached hydrogen (secondary N) is 1. The molecule has 0 spiro atoms. The molecule has 0 aliphatic rings. The number of methoxy groups -OCH3 is 1. The molecule has 1 aromatic carbocycles. The van der Waals surface area contributed by atoms with Gasteiger partial charge in [0, 0.05) is 38.0 Å². The normalized spacial score (nSPS) is 12.1. The third-order valence-corrected chi connectivity index (χ3v) is 5.39. The number of fused-ring (bicyclic) bond motifs is 1. The molecule has 29 heavy (non-hydrogen) atoms. The first-order chi connectivity index (χ1) is 13.8. The number of anilines is 1. The molecule has 154 valence electrons. The Bertz CT molecular complexity index is 1120. The van der Waals surface area contributed by atoms with Gasteiger partial charge in [0.2, 0.25) is 5.91 Å². The van der Waals surface area contributed by atoms with Crippen LogP contribution in [0.2, 0.25) is 0 Å². The Morgan fingerprint density at radius 1 is 1.31 bits per heavy atom. The Morgan fingerprint density at radius 2 is 2.07 bits per heavy atom. The lowest BCUT2D eigenvalue weighted by Crippen LogP contribution is -2.19. The number of amides is 2. The molecule has 3 aromatic rings. The van der Waals surface area contributed by atoms with Gasteiger partial charge in [-0.2, -0.15) is 10.1 Å². The number of thiazole rings is 1. The molecule has 0 saturated heterocycles. The van der Waals surface area contributed by atoms with Gasteiger partial charge in [0.1, 0.15) is 0 Å². The van der Waals surface area contributed by atoms with Gasteiger partial charge in [-0.15, -0.1) is 0 Å². The predicted octanol–water partition coefficient (Wildman–Crippen LogP) is 3.13. The topological polar surface area (TPSA) is 90.5 Å². The van der Waals surface area contributed by atoms with Crippen molar-refractivity contribution in [3.63, 3.8) is 0 Å². The van der Waals surface area contributed by atoms with Gasteiger partial charge in [-0.3, -0.25) is 14.3 Å². The number of rotatable bonds is 6. The lowest BCUT2D eigenvalue weighted by Gasteiger charge is -2.06. The van der Waals surface area contributed by atoms with E-state index in [0.29, 0.717) is 29.3 Å². The third kappa shape index (κ3) is 4.63. The summed E-state index contributed by atoms with van der Waals surface area (Å²) in [7, 11) is 1.63. The summed E-state index contributed by atoms with van der Waals surface area (Å²) in [6.07, 6.45) is 0. The van der Waals surface area contributed by atoms with Gasteiger partial charge in [0.25, 0.3) is 5.91 Å². The van der Waals surface area contributed by atoms with E-state index in [0.717, 1.165) is 15.9 Å². The highest BCUT2D eigenvalue weighted by molar-refractivity contribution is 7.16. The van der Waals surface area contributed by atoms with Crippen LogP contribution >= 0.6 is 11.3 Å². The number of carbonyl (C=O) groups excluding carboxylic acids is 2. The Kier molecular flexibility index (Phi) is 6.29. The zero-order chi connectivity index (χ0) is 21.1. The molecule has 0 radical (unpaired) electrons. The molecule has 9 heteroatoms. The highest BCUT2D eigenvalue weighted by atomic mass is 32.1. The van der Waals surface area contributed by atoms with E-state index in [4.69, 9.17) is 4.74 Å². The minimum atomic E-state index is -0.382. The van der Waals surface area contributed by atoms with Gasteiger partial charge >= 0.3 is 0 Å². The van der Waals surface area contributed by atoms with E-state index in [1.165, 1.54) is 18.3 Å². The van der Waals surface area contributed by atoms with Crippen molar-refractivity contribution in [3.05, 3.63) is 40.5 Å². The van der Waals surface area contributed by atoms with Crippen LogP contribution in [0.4, 0.5) is 5.69 Å². The molecule has 0 saturated carbocycles. The number of hydrogen-bond donors (Lipinski definition) is 1. The van der Waals surface area contributed by atoms with Crippen LogP contribution < -0.4 is 10.1 Å². The quantitative estimate of drug-likeness (QED) is 0.670. The van der Waals surface area contributed by atoms with Crippen LogP contribution in [0.15, 0.2) is 29.3 Å². The standard InChI is InChI=1S/C20H25N5O3S/c1-12(2)25-13(3)10-16(23-25)19(27)22-20-24(8-9-28-5)17-7-6-15(21-14(4)26)11-18(17)29-20/h6-7,10-12H,8-9H2,1-5H3,(H,21,26). The summed E-state index contributed by atoms with van der Waals surface area (Å²) >= 11 is 1.39. The first-order valence-electron chi connectivity index (χ1n) is 9.35. The van der Waals surface area contributed by atoms with Crippen LogP contribution in [0.3, 0.4) is 0 Å². The van der Waals surface area contributed by atoms with Crippen molar-refractivity contribution < 1.29 is 14.3 Å². The highest BCUT2D eigenvalue weighted by Gasteiger charge is 2.15. The van der Waals surface area contributed by atoms with Crippen molar-refractivity contribution >= 4 is 39.1 Å². The van der Waals surface area contributed by atoms with Crippen molar-refractivity contribution in [2.45, 2.75) is 40.3 Å². The average molecular weight is 416 g/mol. The Morgan fingerprint density at radius 3 is 2.69 bits per heavy atom. The average Bonchev–Trinajstić information content (AvgIpc) is 3.19. The number of aryl methyl sites for hydroxylation is 1. The molecule has 0 unspecified atom stereocenters. The lowest BCUT2D eigenvalue weighted by molar-refractivity contribution is -0.114. The number of carbonyl (C=O) groups is 2. The Labute approximate surface area is 172 Å². The minimum Gasteiger partial charge on any atom is -0.383 e. The van der Waals surface area contributed by atoms with Crippen LogP contribution in [0, 0.1) is 6.92 Å². The fourth-order valence-electron chi connectivity index (χ4n) is 3.10. The smallest absolute Gasteiger partial charge is 0.300 e. The van der Waals surface area contributed by atoms with Crippen molar-refractivity contribution in [1.29, 1.82) is 0 Å². The number of nitrogens with zero attached hydrogens (tertiary/aromatic N) is 4. The number of hydrogen-bond acceptors (Lipinski definition) is 5. The molecular formula is C20H25N5O3S. The second-order valence-electron chi connectivity index (χ2n) is 7.02. The van der Waals surface area contributed by atoms with Crippen molar-refractivity contribution in [1.82, 2.24) is 14.3 Å². The highest BCUT2D eigenvalue weighted by Crippen LogP contribution is 2.22. The molecule has 2 heterocycles. The van der Waals surface area contributed by atoms with E-state index in [9.17, 15) is 9.59 Å². The first-order valence-corrected chi connectivity index (χ1v) is 10.2. The van der Waals surface area contributed by atoms with E-state index in [1.807, 2.05) is 48.2 Å². The van der Waals surface area contributed by atoms with Gasteiger partial charge in [-0.25, -0.2) is 0 Å². The Hall–Kier alpha value is -2.78. The van der Waals surface area contributed by atoms with E-state index >= 15 is 0 Å². The molecule has 3 rings (SSSR count). The molecule has 8 nitrogen and oxygen atoms in total. The molecule has 0 atom stereocenters. The number of ether oxygens (including phenoxy) is 1. The van der Waals surface area contributed by atoms with Crippen LogP contribution in [0.1, 0.15) is 43.0 Å². The summed E-state index contributed by atoms with van der Waals surface area (Å²) in [6, 6.07) is 7.55. The van der Waals surface area contributed by atoms with E-state index in [-0.39, 0.29) is 17.9 Å². The molecule has 1 N–H and O–H groups in total. The molecule has 0 aliphatic heterocycles. The summed E-state index contributed by atoms with van der Waals surface area (Å²) in [4.78, 5) is 29.0. The maximum Gasteiger partial charge on any atom is 0.300 e. The fraction of sp³-hybridized carbons (Fsp3) is 0.400. The second-order valence-corrected chi connectivity index (χ2v) is 8.03. The zero-order valence-corrected chi connectivity index (χ0v) is 18.0. The third-order valence-electron chi connectivity index (χ3n) is 4.35. The van der Waals surface area contributed by atoms with Crippen LogP contribution in [-0.4, -0.2) is 39.9 Å². The monoisotopic (exact) mass is 415 g/mol. The van der Waals surface area contributed by atoms with Gasteiger partial charge in [-0.05, 0) is 45.0 Å². The first kappa shape index (κ1) is 20.9. The van der Waals surface area contributed by atoms with Gasteiger partial charge < -0.3 is 14.6 Å². The van der Waals surface area contributed by atoms with E-state index in [1.54, 1.807) is 13.2 Å². The number of benzene rings is 1. The summed E-state index contributed by atoms with van der Waals surface area (Å²) in [5, 5.41) is 7.17.